The molecule has 3 heterocycles. The van der Waals surface area contributed by atoms with Crippen LogP contribution in [0.4, 0.5) is 14.5 Å². The van der Waals surface area contributed by atoms with Crippen LogP contribution in [0.15, 0.2) is 41.3 Å². The van der Waals surface area contributed by atoms with E-state index in [-0.39, 0.29) is 29.2 Å². The van der Waals surface area contributed by atoms with Crippen molar-refractivity contribution in [3.05, 3.63) is 81.7 Å². The SMILES string of the molecule is Cc1[nH]c(C=C2C(=O)Nc3ccc(SCc4c(F)cccc4F)cc32)c(C)c1C(=O)N1CCC[C@H]1CNC1CC1. The van der Waals surface area contributed by atoms with Crippen molar-refractivity contribution in [1.82, 2.24) is 15.2 Å². The lowest BCUT2D eigenvalue weighted by molar-refractivity contribution is -0.110. The van der Waals surface area contributed by atoms with Crippen LogP contribution in [-0.2, 0) is 10.5 Å². The maximum absolute atomic E-state index is 14.1. The van der Waals surface area contributed by atoms with E-state index in [9.17, 15) is 18.4 Å². The number of benzene rings is 2. The van der Waals surface area contributed by atoms with Crippen LogP contribution in [0.25, 0.3) is 11.6 Å². The number of rotatable bonds is 8. The Balaban J connectivity index is 1.24. The standard InChI is InChI=1S/C31H32F2N4O2S/c1-17-28(35-18(2)29(17)31(39)37-12-4-5-20(37)15-34-19-8-9-19)14-23-22-13-21(10-11-27(22)36-30(23)38)40-16-24-25(32)6-3-7-26(24)33/h3,6-7,10-11,13-14,19-20,34-35H,4-5,8-9,12,15-16H2,1-2H3,(H,36,38)/t20-/m0/s1. The number of anilines is 1. The van der Waals surface area contributed by atoms with Gasteiger partial charge in [-0.25, -0.2) is 8.78 Å². The molecule has 40 heavy (non-hydrogen) atoms. The van der Waals surface area contributed by atoms with Crippen LogP contribution in [0.3, 0.4) is 0 Å². The van der Waals surface area contributed by atoms with E-state index < -0.39 is 11.6 Å². The fourth-order valence-corrected chi connectivity index (χ4v) is 6.61. The van der Waals surface area contributed by atoms with Crippen LogP contribution in [-0.4, -0.2) is 46.9 Å². The number of aromatic nitrogens is 1. The minimum atomic E-state index is -0.576. The number of nitrogens with one attached hydrogen (secondary N) is 3. The van der Waals surface area contributed by atoms with E-state index in [1.54, 1.807) is 12.1 Å². The van der Waals surface area contributed by atoms with E-state index in [0.717, 1.165) is 47.8 Å². The Kier molecular flexibility index (Phi) is 7.27. The molecule has 1 aromatic heterocycles. The Morgan fingerprint density at radius 1 is 1.15 bits per heavy atom. The number of thioether (sulfide) groups is 1. The maximum Gasteiger partial charge on any atom is 0.256 e. The average Bonchev–Trinajstić information content (AvgIpc) is 3.44. The second-order valence-electron chi connectivity index (χ2n) is 10.8. The summed E-state index contributed by atoms with van der Waals surface area (Å²) in [5, 5.41) is 6.46. The summed E-state index contributed by atoms with van der Waals surface area (Å²) < 4.78 is 28.2. The minimum Gasteiger partial charge on any atom is -0.358 e. The van der Waals surface area contributed by atoms with Crippen LogP contribution in [0.2, 0.25) is 0 Å². The highest BCUT2D eigenvalue weighted by Gasteiger charge is 2.33. The Morgan fingerprint density at radius 3 is 2.67 bits per heavy atom. The third kappa shape index (κ3) is 5.20. The van der Waals surface area contributed by atoms with Crippen molar-refractivity contribution in [2.75, 3.05) is 18.4 Å². The van der Waals surface area contributed by atoms with Crippen molar-refractivity contribution in [2.24, 2.45) is 0 Å². The molecule has 3 aromatic rings. The van der Waals surface area contributed by atoms with Gasteiger partial charge in [-0.2, -0.15) is 0 Å². The summed E-state index contributed by atoms with van der Waals surface area (Å²) in [5.74, 6) is -1.22. The smallest absolute Gasteiger partial charge is 0.256 e. The first-order valence-corrected chi connectivity index (χ1v) is 14.8. The zero-order chi connectivity index (χ0) is 28.0. The van der Waals surface area contributed by atoms with Crippen molar-refractivity contribution in [3.8, 4) is 0 Å². The summed E-state index contributed by atoms with van der Waals surface area (Å²) in [6.45, 7) is 5.40. The van der Waals surface area contributed by atoms with Gasteiger partial charge in [-0.15, -0.1) is 11.8 Å². The number of halogens is 2. The van der Waals surface area contributed by atoms with Gasteiger partial charge in [0.2, 0.25) is 0 Å². The molecule has 0 unspecified atom stereocenters. The van der Waals surface area contributed by atoms with E-state index in [0.29, 0.717) is 28.4 Å². The summed E-state index contributed by atoms with van der Waals surface area (Å²) in [7, 11) is 0. The predicted molar refractivity (Wildman–Crippen MR) is 154 cm³/mol. The zero-order valence-electron chi connectivity index (χ0n) is 22.6. The molecule has 0 spiro atoms. The zero-order valence-corrected chi connectivity index (χ0v) is 23.4. The molecular weight excluding hydrogens is 530 g/mol. The number of carbonyl (C=O) groups is 2. The van der Waals surface area contributed by atoms with Gasteiger partial charge >= 0.3 is 0 Å². The molecule has 3 aliphatic rings. The molecule has 1 atom stereocenters. The molecule has 1 saturated heterocycles. The predicted octanol–water partition coefficient (Wildman–Crippen LogP) is 6.05. The van der Waals surface area contributed by atoms with Crippen molar-refractivity contribution in [2.45, 2.75) is 62.3 Å². The van der Waals surface area contributed by atoms with Gasteiger partial charge in [0, 0.05) is 64.0 Å². The number of hydrogen-bond acceptors (Lipinski definition) is 4. The van der Waals surface area contributed by atoms with Gasteiger partial charge < -0.3 is 20.5 Å². The number of hydrogen-bond donors (Lipinski definition) is 3. The molecular formula is C31H32F2N4O2S. The van der Waals surface area contributed by atoms with Crippen LogP contribution >= 0.6 is 11.8 Å². The first kappa shape index (κ1) is 26.8. The topological polar surface area (TPSA) is 77.2 Å². The minimum absolute atomic E-state index is 0.0243. The fraction of sp³-hybridized carbons (Fsp3) is 0.355. The lowest BCUT2D eigenvalue weighted by atomic mass is 10.0. The summed E-state index contributed by atoms with van der Waals surface area (Å²) in [5.41, 5.74) is 4.88. The average molecular weight is 563 g/mol. The van der Waals surface area contributed by atoms with Gasteiger partial charge in [-0.05, 0) is 81.5 Å². The number of aryl methyl sites for hydroxylation is 1. The number of fused-ring (bicyclic) bond motifs is 1. The lowest BCUT2D eigenvalue weighted by Gasteiger charge is -2.25. The largest absolute Gasteiger partial charge is 0.358 e. The van der Waals surface area contributed by atoms with Gasteiger partial charge in [-0.1, -0.05) is 6.07 Å². The molecule has 2 aromatic carbocycles. The molecule has 3 N–H and O–H groups in total. The molecule has 6 rings (SSSR count). The van der Waals surface area contributed by atoms with Crippen LogP contribution in [0.5, 0.6) is 0 Å². The van der Waals surface area contributed by atoms with Gasteiger partial charge in [-0.3, -0.25) is 9.59 Å². The van der Waals surface area contributed by atoms with Gasteiger partial charge in [0.05, 0.1) is 11.1 Å². The second kappa shape index (κ2) is 10.9. The van der Waals surface area contributed by atoms with Crippen molar-refractivity contribution < 1.29 is 18.4 Å². The Hall–Kier alpha value is -3.43. The maximum atomic E-state index is 14.1. The number of carbonyl (C=O) groups excluding carboxylic acids is 2. The molecule has 0 bridgehead atoms. The van der Waals surface area contributed by atoms with E-state index in [1.807, 2.05) is 30.9 Å². The van der Waals surface area contributed by atoms with E-state index in [4.69, 9.17) is 0 Å². The molecule has 6 nitrogen and oxygen atoms in total. The first-order valence-electron chi connectivity index (χ1n) is 13.8. The normalized spacial score (nSPS) is 19.4. The molecule has 2 aliphatic heterocycles. The Labute approximate surface area is 236 Å². The molecule has 2 amide bonds. The number of nitrogens with zero attached hydrogens (tertiary/aromatic N) is 1. The van der Waals surface area contributed by atoms with Gasteiger partial charge in [0.1, 0.15) is 11.6 Å². The highest BCUT2D eigenvalue weighted by molar-refractivity contribution is 7.98. The number of aromatic amines is 1. The third-order valence-corrected chi connectivity index (χ3v) is 9.08. The highest BCUT2D eigenvalue weighted by atomic mass is 32.2. The first-order chi connectivity index (χ1) is 19.3. The molecule has 0 radical (unpaired) electrons. The summed E-state index contributed by atoms with van der Waals surface area (Å²) >= 11 is 1.31. The number of amides is 2. The molecule has 208 valence electrons. The van der Waals surface area contributed by atoms with Gasteiger partial charge in [0.15, 0.2) is 0 Å². The monoisotopic (exact) mass is 562 g/mol. The van der Waals surface area contributed by atoms with Crippen LogP contribution < -0.4 is 10.6 Å². The lowest BCUT2D eigenvalue weighted by Crippen LogP contribution is -2.42. The van der Waals surface area contributed by atoms with Crippen LogP contribution in [0, 0.1) is 25.5 Å². The van der Waals surface area contributed by atoms with E-state index in [2.05, 4.69) is 15.6 Å². The van der Waals surface area contributed by atoms with Crippen molar-refractivity contribution in [3.63, 3.8) is 0 Å². The van der Waals surface area contributed by atoms with Crippen molar-refractivity contribution in [1.29, 1.82) is 0 Å². The highest BCUT2D eigenvalue weighted by Crippen LogP contribution is 2.38. The third-order valence-electron chi connectivity index (χ3n) is 8.06. The van der Waals surface area contributed by atoms with E-state index in [1.165, 1.54) is 42.8 Å². The molecule has 1 aliphatic carbocycles. The fourth-order valence-electron chi connectivity index (χ4n) is 5.66. The van der Waals surface area contributed by atoms with Gasteiger partial charge in [0.25, 0.3) is 11.8 Å². The quantitative estimate of drug-likeness (QED) is 0.231. The second-order valence-corrected chi connectivity index (χ2v) is 11.9. The number of H-pyrrole nitrogens is 1. The summed E-state index contributed by atoms with van der Waals surface area (Å²) in [6.07, 6.45) is 6.24. The van der Waals surface area contributed by atoms with E-state index >= 15 is 0 Å². The Morgan fingerprint density at radius 2 is 1.93 bits per heavy atom. The Bertz CT molecular complexity index is 1510. The molecule has 1 saturated carbocycles. The number of likely N-dealkylation sites (tertiary alicyclic amines) is 1. The van der Waals surface area contributed by atoms with Crippen molar-refractivity contribution >= 4 is 40.9 Å². The summed E-state index contributed by atoms with van der Waals surface area (Å²) in [4.78, 5) is 32.8. The summed E-state index contributed by atoms with van der Waals surface area (Å²) in [6, 6.07) is 10.1. The molecule has 9 heteroatoms. The molecule has 2 fully saturated rings. The van der Waals surface area contributed by atoms with Crippen LogP contribution in [0.1, 0.15) is 64.1 Å².